The molecule has 22 heavy (non-hydrogen) atoms. The second-order valence-corrected chi connectivity index (χ2v) is 6.56. The number of nitriles is 1. The molecule has 2 aromatic rings. The minimum atomic E-state index is -3.85. The third-order valence-corrected chi connectivity index (χ3v) is 5.08. The summed E-state index contributed by atoms with van der Waals surface area (Å²) in [6.07, 6.45) is 0. The van der Waals surface area contributed by atoms with E-state index in [2.05, 4.69) is 0 Å². The highest BCUT2D eigenvalue weighted by Gasteiger charge is 2.26. The van der Waals surface area contributed by atoms with Crippen LogP contribution >= 0.6 is 0 Å². The molecule has 0 radical (unpaired) electrons. The first-order valence-corrected chi connectivity index (χ1v) is 8.17. The summed E-state index contributed by atoms with van der Waals surface area (Å²) >= 11 is 0. The molecule has 0 amide bonds. The van der Waals surface area contributed by atoms with Crippen LogP contribution in [0.1, 0.15) is 11.1 Å². The summed E-state index contributed by atoms with van der Waals surface area (Å²) in [5.74, 6) is 0. The fourth-order valence-electron chi connectivity index (χ4n) is 2.11. The minimum absolute atomic E-state index is 0.0308. The average Bonchev–Trinajstić information content (AvgIpc) is 2.55. The van der Waals surface area contributed by atoms with Gasteiger partial charge in [-0.2, -0.15) is 9.57 Å². The van der Waals surface area contributed by atoms with Gasteiger partial charge < -0.3 is 5.11 Å². The van der Waals surface area contributed by atoms with Gasteiger partial charge in [-0.15, -0.1) is 0 Å². The molecule has 0 atom stereocenters. The molecule has 0 bridgehead atoms. The van der Waals surface area contributed by atoms with E-state index in [1.54, 1.807) is 12.1 Å². The fraction of sp³-hybridized carbons (Fsp3) is 0.188. The summed E-state index contributed by atoms with van der Waals surface area (Å²) in [5, 5.41) is 18.3. The fourth-order valence-corrected chi connectivity index (χ4v) is 3.67. The summed E-state index contributed by atoms with van der Waals surface area (Å²) in [4.78, 5) is -0.0399. The SMILES string of the molecule is N#Cc1ccccc1S(=O)(=O)N(CCO)Cc1ccccc1. The second-order valence-electron chi connectivity index (χ2n) is 4.66. The summed E-state index contributed by atoms with van der Waals surface area (Å²) in [5.41, 5.74) is 0.910. The molecule has 114 valence electrons. The molecular weight excluding hydrogens is 300 g/mol. The molecule has 0 aliphatic heterocycles. The number of hydrogen-bond acceptors (Lipinski definition) is 4. The topological polar surface area (TPSA) is 81.4 Å². The van der Waals surface area contributed by atoms with E-state index >= 15 is 0 Å². The molecule has 0 unspecified atom stereocenters. The van der Waals surface area contributed by atoms with Crippen molar-refractivity contribution in [1.82, 2.24) is 4.31 Å². The molecule has 0 aliphatic rings. The Bertz CT molecular complexity index is 767. The predicted octanol–water partition coefficient (Wildman–Crippen LogP) is 1.74. The summed E-state index contributed by atoms with van der Waals surface area (Å²) in [7, 11) is -3.85. The lowest BCUT2D eigenvalue weighted by Crippen LogP contribution is -2.33. The van der Waals surface area contributed by atoms with Gasteiger partial charge in [0.15, 0.2) is 0 Å². The van der Waals surface area contributed by atoms with Crippen molar-refractivity contribution in [2.45, 2.75) is 11.4 Å². The Morgan fingerprint density at radius 1 is 1.05 bits per heavy atom. The second kappa shape index (κ2) is 7.18. The van der Waals surface area contributed by atoms with Gasteiger partial charge in [-0.3, -0.25) is 0 Å². The van der Waals surface area contributed by atoms with Crippen LogP contribution in [0.2, 0.25) is 0 Å². The molecule has 5 nitrogen and oxygen atoms in total. The quantitative estimate of drug-likeness (QED) is 0.880. The molecule has 2 aromatic carbocycles. The lowest BCUT2D eigenvalue weighted by molar-refractivity contribution is 0.251. The highest BCUT2D eigenvalue weighted by Crippen LogP contribution is 2.21. The molecule has 2 rings (SSSR count). The number of aliphatic hydroxyl groups is 1. The summed E-state index contributed by atoms with van der Waals surface area (Å²) < 4.78 is 26.7. The number of sulfonamides is 1. The van der Waals surface area contributed by atoms with Crippen LogP contribution in [-0.4, -0.2) is 31.0 Å². The molecule has 1 N–H and O–H groups in total. The van der Waals surface area contributed by atoms with Crippen molar-refractivity contribution in [3.05, 3.63) is 65.7 Å². The van der Waals surface area contributed by atoms with E-state index in [0.717, 1.165) is 5.56 Å². The van der Waals surface area contributed by atoms with Gasteiger partial charge in [-0.25, -0.2) is 8.42 Å². The lowest BCUT2D eigenvalue weighted by atomic mass is 10.2. The van der Waals surface area contributed by atoms with Crippen molar-refractivity contribution in [3.8, 4) is 6.07 Å². The van der Waals surface area contributed by atoms with E-state index in [4.69, 9.17) is 5.26 Å². The number of rotatable bonds is 6. The third-order valence-electron chi connectivity index (χ3n) is 3.18. The Hall–Kier alpha value is -2.20. The predicted molar refractivity (Wildman–Crippen MR) is 82.3 cm³/mol. The normalized spacial score (nSPS) is 11.3. The smallest absolute Gasteiger partial charge is 0.244 e. The number of nitrogens with zero attached hydrogens (tertiary/aromatic N) is 2. The molecule has 0 aliphatic carbocycles. The Balaban J connectivity index is 2.40. The number of aliphatic hydroxyl groups excluding tert-OH is 1. The van der Waals surface area contributed by atoms with Gasteiger partial charge in [0, 0.05) is 13.1 Å². The van der Waals surface area contributed by atoms with Crippen LogP contribution in [0.15, 0.2) is 59.5 Å². The van der Waals surface area contributed by atoms with Gasteiger partial charge in [0.25, 0.3) is 0 Å². The van der Waals surface area contributed by atoms with E-state index in [1.807, 2.05) is 36.4 Å². The Labute approximate surface area is 130 Å². The van der Waals surface area contributed by atoms with Crippen LogP contribution in [0.25, 0.3) is 0 Å². The zero-order valence-electron chi connectivity index (χ0n) is 11.9. The molecular formula is C16H16N2O3S. The van der Waals surface area contributed by atoms with Crippen molar-refractivity contribution >= 4 is 10.0 Å². The van der Waals surface area contributed by atoms with Crippen molar-refractivity contribution in [1.29, 1.82) is 5.26 Å². The zero-order chi connectivity index (χ0) is 16.0. The standard InChI is InChI=1S/C16H16N2O3S/c17-12-15-8-4-5-9-16(15)22(20,21)18(10-11-19)13-14-6-2-1-3-7-14/h1-9,19H,10-11,13H2. The van der Waals surface area contributed by atoms with Crippen LogP contribution in [0.4, 0.5) is 0 Å². The van der Waals surface area contributed by atoms with Gasteiger partial charge in [-0.05, 0) is 17.7 Å². The first kappa shape index (κ1) is 16.2. The molecule has 0 aromatic heterocycles. The van der Waals surface area contributed by atoms with E-state index in [-0.39, 0.29) is 30.2 Å². The monoisotopic (exact) mass is 316 g/mol. The number of hydrogen-bond donors (Lipinski definition) is 1. The molecule has 0 saturated heterocycles. The van der Waals surface area contributed by atoms with E-state index in [0.29, 0.717) is 0 Å². The molecule has 0 heterocycles. The van der Waals surface area contributed by atoms with Crippen LogP contribution in [0.5, 0.6) is 0 Å². The Kier molecular flexibility index (Phi) is 5.28. The van der Waals surface area contributed by atoms with Crippen LogP contribution in [0, 0.1) is 11.3 Å². The van der Waals surface area contributed by atoms with Crippen molar-refractivity contribution < 1.29 is 13.5 Å². The molecule has 0 spiro atoms. The molecule has 0 fully saturated rings. The average molecular weight is 316 g/mol. The molecule has 6 heteroatoms. The van der Waals surface area contributed by atoms with Crippen molar-refractivity contribution in [2.75, 3.05) is 13.2 Å². The van der Waals surface area contributed by atoms with Gasteiger partial charge in [-0.1, -0.05) is 42.5 Å². The van der Waals surface area contributed by atoms with Crippen LogP contribution in [0.3, 0.4) is 0 Å². The summed E-state index contributed by atoms with van der Waals surface area (Å²) in [6.45, 7) is -0.179. The highest BCUT2D eigenvalue weighted by atomic mass is 32.2. The van der Waals surface area contributed by atoms with Crippen molar-refractivity contribution in [2.24, 2.45) is 0 Å². The van der Waals surface area contributed by atoms with E-state index in [9.17, 15) is 13.5 Å². The van der Waals surface area contributed by atoms with Gasteiger partial charge in [0.05, 0.1) is 17.1 Å². The highest BCUT2D eigenvalue weighted by molar-refractivity contribution is 7.89. The van der Waals surface area contributed by atoms with E-state index < -0.39 is 10.0 Å². The largest absolute Gasteiger partial charge is 0.395 e. The first-order chi connectivity index (χ1) is 10.6. The number of benzene rings is 2. The molecule has 0 saturated carbocycles. The minimum Gasteiger partial charge on any atom is -0.395 e. The van der Waals surface area contributed by atoms with E-state index in [1.165, 1.54) is 16.4 Å². The zero-order valence-corrected chi connectivity index (χ0v) is 12.7. The third kappa shape index (κ3) is 3.52. The Morgan fingerprint density at radius 2 is 1.68 bits per heavy atom. The van der Waals surface area contributed by atoms with Crippen molar-refractivity contribution in [3.63, 3.8) is 0 Å². The Morgan fingerprint density at radius 3 is 2.32 bits per heavy atom. The van der Waals surface area contributed by atoms with Gasteiger partial charge >= 0.3 is 0 Å². The van der Waals surface area contributed by atoms with Gasteiger partial charge in [0.1, 0.15) is 6.07 Å². The maximum atomic E-state index is 12.8. The van der Waals surface area contributed by atoms with Gasteiger partial charge in [0.2, 0.25) is 10.0 Å². The summed E-state index contributed by atoms with van der Waals surface area (Å²) in [6, 6.07) is 17.1. The maximum absolute atomic E-state index is 12.8. The van der Waals surface area contributed by atoms with Crippen LogP contribution < -0.4 is 0 Å². The van der Waals surface area contributed by atoms with Crippen LogP contribution in [-0.2, 0) is 16.6 Å². The lowest BCUT2D eigenvalue weighted by Gasteiger charge is -2.22. The first-order valence-electron chi connectivity index (χ1n) is 6.73. The maximum Gasteiger partial charge on any atom is 0.244 e.